The maximum absolute atomic E-state index is 8.94. The number of nitrogens with zero attached hydrogens (tertiary/aromatic N) is 1. The van der Waals surface area contributed by atoms with E-state index in [1.807, 2.05) is 6.08 Å². The highest BCUT2D eigenvalue weighted by molar-refractivity contribution is 5.46. The fraction of sp³-hybridized carbons (Fsp3) is 0.545. The lowest BCUT2D eigenvalue weighted by atomic mass is 9.80. The average molecular weight is 176 g/mol. The highest BCUT2D eigenvalue weighted by Crippen LogP contribution is 2.39. The molecule has 0 aromatic heterocycles. The van der Waals surface area contributed by atoms with E-state index in [1.165, 1.54) is 0 Å². The van der Waals surface area contributed by atoms with E-state index in [4.69, 9.17) is 11.0 Å². The van der Waals surface area contributed by atoms with E-state index in [0.717, 1.165) is 24.8 Å². The van der Waals surface area contributed by atoms with Crippen LogP contribution < -0.4 is 5.73 Å². The van der Waals surface area contributed by atoms with Gasteiger partial charge in [0.1, 0.15) is 0 Å². The molecule has 2 N–H and O–H groups in total. The van der Waals surface area contributed by atoms with Crippen LogP contribution in [0.15, 0.2) is 23.4 Å². The van der Waals surface area contributed by atoms with Crippen LogP contribution in [0.2, 0.25) is 0 Å². The van der Waals surface area contributed by atoms with Crippen molar-refractivity contribution in [2.75, 3.05) is 0 Å². The topological polar surface area (TPSA) is 49.8 Å². The normalized spacial score (nSPS) is 26.5. The molecule has 0 aromatic rings. The van der Waals surface area contributed by atoms with Gasteiger partial charge < -0.3 is 5.73 Å². The van der Waals surface area contributed by atoms with Gasteiger partial charge in [0.15, 0.2) is 0 Å². The smallest absolute Gasteiger partial charge is 0.0978 e. The lowest BCUT2D eigenvalue weighted by Crippen LogP contribution is -2.14. The first-order valence-electron chi connectivity index (χ1n) is 4.73. The first kappa shape index (κ1) is 9.85. The van der Waals surface area contributed by atoms with E-state index < -0.39 is 0 Å². The summed E-state index contributed by atoms with van der Waals surface area (Å²) in [6, 6.07) is 2.21. The molecule has 0 heterocycles. The fourth-order valence-corrected chi connectivity index (χ4v) is 1.71. The van der Waals surface area contributed by atoms with Crippen molar-refractivity contribution in [2.45, 2.75) is 33.1 Å². The van der Waals surface area contributed by atoms with Gasteiger partial charge >= 0.3 is 0 Å². The molecule has 0 aliphatic heterocycles. The Balaban J connectivity index is 2.82. The molecule has 13 heavy (non-hydrogen) atoms. The summed E-state index contributed by atoms with van der Waals surface area (Å²) in [7, 11) is 0. The molecule has 1 unspecified atom stereocenters. The molecule has 1 aliphatic carbocycles. The molecule has 0 aromatic carbocycles. The van der Waals surface area contributed by atoms with Crippen molar-refractivity contribution in [2.24, 2.45) is 11.1 Å². The lowest BCUT2D eigenvalue weighted by Gasteiger charge is -2.21. The van der Waals surface area contributed by atoms with E-state index in [0.29, 0.717) is 5.70 Å². The summed E-state index contributed by atoms with van der Waals surface area (Å²) in [5, 5.41) is 8.94. The Morgan fingerprint density at radius 2 is 2.31 bits per heavy atom. The van der Waals surface area contributed by atoms with Crippen molar-refractivity contribution in [3.8, 4) is 6.07 Å². The Hall–Kier alpha value is -1.23. The van der Waals surface area contributed by atoms with Crippen molar-refractivity contribution in [1.29, 1.82) is 5.26 Å². The highest BCUT2D eigenvalue weighted by Gasteiger charge is 2.31. The minimum atomic E-state index is -0.102. The molecule has 2 nitrogen and oxygen atoms in total. The van der Waals surface area contributed by atoms with Gasteiger partial charge in [-0.3, -0.25) is 0 Å². The first-order valence-corrected chi connectivity index (χ1v) is 4.73. The molecule has 1 rings (SSSR count). The predicted octanol–water partition coefficient (Wildman–Crippen LogP) is 2.49. The van der Waals surface area contributed by atoms with Crippen LogP contribution in [0.4, 0.5) is 0 Å². The van der Waals surface area contributed by atoms with Crippen LogP contribution in [0, 0.1) is 16.7 Å². The van der Waals surface area contributed by atoms with Crippen LogP contribution in [-0.4, -0.2) is 0 Å². The molecule has 70 valence electrons. The van der Waals surface area contributed by atoms with Crippen LogP contribution >= 0.6 is 0 Å². The molecular weight excluding hydrogens is 160 g/mol. The molecule has 0 radical (unpaired) electrons. The number of allylic oxidation sites excluding steroid dienone is 3. The number of hydrogen-bond acceptors (Lipinski definition) is 2. The second-order valence-corrected chi connectivity index (χ2v) is 3.80. The number of rotatable bonds is 3. The maximum Gasteiger partial charge on any atom is 0.0978 e. The van der Waals surface area contributed by atoms with Gasteiger partial charge in [0.25, 0.3) is 0 Å². The average Bonchev–Trinajstić information content (AvgIpc) is 2.40. The summed E-state index contributed by atoms with van der Waals surface area (Å²) in [6.45, 7) is 4.23. The minimum Gasteiger partial charge on any atom is -0.398 e. The van der Waals surface area contributed by atoms with E-state index in [1.54, 1.807) is 0 Å². The van der Waals surface area contributed by atoms with Crippen LogP contribution in [0.5, 0.6) is 0 Å². The second kappa shape index (κ2) is 3.66. The number of hydrogen-bond donors (Lipinski definition) is 1. The van der Waals surface area contributed by atoms with Gasteiger partial charge in [-0.2, -0.15) is 5.26 Å². The molecule has 0 saturated heterocycles. The van der Waals surface area contributed by atoms with E-state index >= 15 is 0 Å². The summed E-state index contributed by atoms with van der Waals surface area (Å²) in [6.07, 6.45) is 7.22. The molecule has 0 saturated carbocycles. The highest BCUT2D eigenvalue weighted by atomic mass is 14.6. The molecule has 1 aliphatic rings. The predicted molar refractivity (Wildman–Crippen MR) is 53.6 cm³/mol. The quantitative estimate of drug-likeness (QED) is 0.718. The van der Waals surface area contributed by atoms with Gasteiger partial charge in [0, 0.05) is 11.1 Å². The Morgan fingerprint density at radius 3 is 2.85 bits per heavy atom. The Labute approximate surface area is 79.7 Å². The Morgan fingerprint density at radius 1 is 1.62 bits per heavy atom. The first-order chi connectivity index (χ1) is 6.14. The van der Waals surface area contributed by atoms with Crippen LogP contribution in [0.3, 0.4) is 0 Å². The molecular formula is C11H16N2. The second-order valence-electron chi connectivity index (χ2n) is 3.80. The largest absolute Gasteiger partial charge is 0.398 e. The zero-order valence-electron chi connectivity index (χ0n) is 8.30. The third-order valence-corrected chi connectivity index (χ3v) is 2.65. The number of nitriles is 1. The van der Waals surface area contributed by atoms with Crippen molar-refractivity contribution in [3.05, 3.63) is 23.4 Å². The summed E-state index contributed by atoms with van der Waals surface area (Å²) < 4.78 is 0. The lowest BCUT2D eigenvalue weighted by molar-refractivity contribution is 0.462. The van der Waals surface area contributed by atoms with Gasteiger partial charge in [0.2, 0.25) is 0 Å². The van der Waals surface area contributed by atoms with Gasteiger partial charge in [0.05, 0.1) is 11.6 Å². The molecule has 0 amide bonds. The third-order valence-electron chi connectivity index (χ3n) is 2.65. The molecule has 0 spiro atoms. The standard InChI is InChI=1S/C11H16N2/c1-3-4-6-11(2)7-5-10(13)9(11)8-12/h5,7H,3-4,6,13H2,1-2H3. The third kappa shape index (κ3) is 1.75. The zero-order valence-corrected chi connectivity index (χ0v) is 8.30. The summed E-state index contributed by atoms with van der Waals surface area (Å²) in [4.78, 5) is 0. The Kier molecular flexibility index (Phi) is 2.77. The van der Waals surface area contributed by atoms with Gasteiger partial charge in [-0.05, 0) is 12.5 Å². The van der Waals surface area contributed by atoms with Gasteiger partial charge in [-0.1, -0.05) is 32.8 Å². The fourth-order valence-electron chi connectivity index (χ4n) is 1.71. The molecule has 0 fully saturated rings. The summed E-state index contributed by atoms with van der Waals surface area (Å²) in [5.74, 6) is 0. The molecule has 1 atom stereocenters. The van der Waals surface area contributed by atoms with Crippen molar-refractivity contribution >= 4 is 0 Å². The minimum absolute atomic E-state index is 0.102. The number of unbranched alkanes of at least 4 members (excludes halogenated alkanes) is 1. The summed E-state index contributed by atoms with van der Waals surface area (Å²) in [5.41, 5.74) is 6.98. The van der Waals surface area contributed by atoms with E-state index in [2.05, 4.69) is 26.0 Å². The van der Waals surface area contributed by atoms with Gasteiger partial charge in [-0.25, -0.2) is 0 Å². The molecule has 2 heteroatoms. The Bertz CT molecular complexity index is 294. The van der Waals surface area contributed by atoms with Crippen molar-refractivity contribution in [3.63, 3.8) is 0 Å². The number of nitrogens with two attached hydrogens (primary N) is 1. The van der Waals surface area contributed by atoms with E-state index in [9.17, 15) is 0 Å². The van der Waals surface area contributed by atoms with Crippen LogP contribution in [-0.2, 0) is 0 Å². The van der Waals surface area contributed by atoms with Crippen LogP contribution in [0.25, 0.3) is 0 Å². The van der Waals surface area contributed by atoms with Crippen molar-refractivity contribution < 1.29 is 0 Å². The van der Waals surface area contributed by atoms with Crippen molar-refractivity contribution in [1.82, 2.24) is 0 Å². The maximum atomic E-state index is 8.94. The monoisotopic (exact) mass is 176 g/mol. The van der Waals surface area contributed by atoms with Gasteiger partial charge in [-0.15, -0.1) is 0 Å². The van der Waals surface area contributed by atoms with E-state index in [-0.39, 0.29) is 5.41 Å². The SMILES string of the molecule is CCCCC1(C)C=CC(N)=C1C#N. The van der Waals surface area contributed by atoms with Crippen LogP contribution in [0.1, 0.15) is 33.1 Å². The summed E-state index contributed by atoms with van der Waals surface area (Å²) >= 11 is 0. The molecule has 0 bridgehead atoms. The zero-order chi connectivity index (χ0) is 9.90.